The summed E-state index contributed by atoms with van der Waals surface area (Å²) in [7, 11) is 0. The highest BCUT2D eigenvalue weighted by Crippen LogP contribution is 2.21. The van der Waals surface area contributed by atoms with Crippen molar-refractivity contribution in [3.8, 4) is 0 Å². The summed E-state index contributed by atoms with van der Waals surface area (Å²) in [6.45, 7) is 0. The Labute approximate surface area is 158 Å². The molecule has 0 saturated heterocycles. The fourth-order valence-corrected chi connectivity index (χ4v) is 2.47. The van der Waals surface area contributed by atoms with E-state index in [1.165, 1.54) is 36.4 Å². The smallest absolute Gasteiger partial charge is 0.269 e. The highest BCUT2D eigenvalue weighted by atomic mass is 35.5. The maximum absolute atomic E-state index is 11.9. The Morgan fingerprint density at radius 1 is 1.16 bits per heavy atom. The minimum atomic E-state index is -0.503. The van der Waals surface area contributed by atoms with Gasteiger partial charge in [-0.3, -0.25) is 20.2 Å². The molecular formula is C16H11Cl2N3O3S. The topological polar surface area (TPSA) is 84.3 Å². The van der Waals surface area contributed by atoms with Crippen LogP contribution in [0.15, 0.2) is 48.5 Å². The van der Waals surface area contributed by atoms with Crippen LogP contribution in [0.25, 0.3) is 6.08 Å². The number of nitro groups is 1. The van der Waals surface area contributed by atoms with Gasteiger partial charge in [0.15, 0.2) is 5.11 Å². The van der Waals surface area contributed by atoms with Crippen molar-refractivity contribution < 1.29 is 9.72 Å². The average Bonchev–Trinajstić information content (AvgIpc) is 2.54. The third kappa shape index (κ3) is 5.82. The Hall–Kier alpha value is -2.48. The van der Waals surface area contributed by atoms with Crippen molar-refractivity contribution in [2.24, 2.45) is 0 Å². The standard InChI is InChI=1S/C16H11Cl2N3O3S/c17-11-3-1-10(14(18)9-11)2-8-15(22)20-16(25)19-12-4-6-13(7-5-12)21(23)24/h1-9H,(H2,19,20,22,25)/b8-2+. The van der Waals surface area contributed by atoms with Crippen molar-refractivity contribution in [2.75, 3.05) is 5.32 Å². The van der Waals surface area contributed by atoms with Crippen LogP contribution in [-0.2, 0) is 4.79 Å². The fraction of sp³-hybridized carbons (Fsp3) is 0. The van der Waals surface area contributed by atoms with Crippen LogP contribution in [0.5, 0.6) is 0 Å². The van der Waals surface area contributed by atoms with Gasteiger partial charge in [0.1, 0.15) is 0 Å². The van der Waals surface area contributed by atoms with E-state index in [-0.39, 0.29) is 10.8 Å². The number of nitrogens with zero attached hydrogens (tertiary/aromatic N) is 1. The number of hydrogen-bond acceptors (Lipinski definition) is 4. The van der Waals surface area contributed by atoms with Gasteiger partial charge < -0.3 is 5.32 Å². The van der Waals surface area contributed by atoms with Crippen LogP contribution in [0.1, 0.15) is 5.56 Å². The normalized spacial score (nSPS) is 10.5. The molecule has 0 bridgehead atoms. The lowest BCUT2D eigenvalue weighted by molar-refractivity contribution is -0.384. The minimum Gasteiger partial charge on any atom is -0.332 e. The van der Waals surface area contributed by atoms with Gasteiger partial charge in [0, 0.05) is 33.9 Å². The zero-order valence-corrected chi connectivity index (χ0v) is 14.9. The first kappa shape index (κ1) is 18.9. The highest BCUT2D eigenvalue weighted by molar-refractivity contribution is 7.80. The molecule has 9 heteroatoms. The molecule has 128 valence electrons. The summed E-state index contributed by atoms with van der Waals surface area (Å²) in [6.07, 6.45) is 2.81. The van der Waals surface area contributed by atoms with Crippen molar-refractivity contribution in [3.05, 3.63) is 74.3 Å². The predicted molar refractivity (Wildman–Crippen MR) is 103 cm³/mol. The zero-order chi connectivity index (χ0) is 18.4. The van der Waals surface area contributed by atoms with Crippen LogP contribution in [0, 0.1) is 10.1 Å². The van der Waals surface area contributed by atoms with Crippen LogP contribution in [0.4, 0.5) is 11.4 Å². The number of rotatable bonds is 4. The third-order valence-electron chi connectivity index (χ3n) is 2.95. The van der Waals surface area contributed by atoms with Crippen LogP contribution in [0.2, 0.25) is 10.0 Å². The van der Waals surface area contributed by atoms with E-state index in [9.17, 15) is 14.9 Å². The van der Waals surface area contributed by atoms with Gasteiger partial charge in [-0.05, 0) is 48.1 Å². The maximum atomic E-state index is 11.9. The van der Waals surface area contributed by atoms with E-state index in [0.29, 0.717) is 21.3 Å². The summed E-state index contributed by atoms with van der Waals surface area (Å²) in [6, 6.07) is 10.5. The summed E-state index contributed by atoms with van der Waals surface area (Å²) in [5, 5.41) is 16.8. The van der Waals surface area contributed by atoms with E-state index in [2.05, 4.69) is 10.6 Å². The predicted octanol–water partition coefficient (Wildman–Crippen LogP) is 4.43. The summed E-state index contributed by atoms with van der Waals surface area (Å²) in [5.41, 5.74) is 1.11. The van der Waals surface area contributed by atoms with E-state index in [1.807, 2.05) is 0 Å². The number of thiocarbonyl (C=S) groups is 1. The van der Waals surface area contributed by atoms with Gasteiger partial charge in [-0.15, -0.1) is 0 Å². The van der Waals surface area contributed by atoms with E-state index in [1.54, 1.807) is 18.2 Å². The quantitative estimate of drug-likeness (QED) is 0.346. The molecule has 0 radical (unpaired) electrons. The van der Waals surface area contributed by atoms with Crippen LogP contribution < -0.4 is 10.6 Å². The summed E-state index contributed by atoms with van der Waals surface area (Å²) < 4.78 is 0. The lowest BCUT2D eigenvalue weighted by Crippen LogP contribution is -2.32. The summed E-state index contributed by atoms with van der Waals surface area (Å²) in [5.74, 6) is -0.453. The number of anilines is 1. The van der Waals surface area contributed by atoms with Crippen molar-refractivity contribution >= 4 is 63.9 Å². The third-order valence-corrected chi connectivity index (χ3v) is 3.72. The first-order valence-electron chi connectivity index (χ1n) is 6.85. The molecule has 0 aliphatic rings. The van der Waals surface area contributed by atoms with E-state index in [0.717, 1.165) is 0 Å². The number of nitro benzene ring substituents is 1. The molecular weight excluding hydrogens is 385 g/mol. The molecule has 0 atom stereocenters. The molecule has 0 spiro atoms. The molecule has 2 N–H and O–H groups in total. The largest absolute Gasteiger partial charge is 0.332 e. The molecule has 0 aliphatic carbocycles. The highest BCUT2D eigenvalue weighted by Gasteiger charge is 2.06. The van der Waals surface area contributed by atoms with E-state index >= 15 is 0 Å². The number of halogens is 2. The molecule has 0 saturated carbocycles. The van der Waals surface area contributed by atoms with Crippen molar-refractivity contribution in [3.63, 3.8) is 0 Å². The number of hydrogen-bond donors (Lipinski definition) is 2. The van der Waals surface area contributed by atoms with Gasteiger partial charge in [-0.2, -0.15) is 0 Å². The summed E-state index contributed by atoms with van der Waals surface area (Å²) >= 11 is 16.8. The molecule has 6 nitrogen and oxygen atoms in total. The van der Waals surface area contributed by atoms with Crippen LogP contribution in [-0.4, -0.2) is 15.9 Å². The van der Waals surface area contributed by atoms with Gasteiger partial charge >= 0.3 is 0 Å². The Morgan fingerprint density at radius 2 is 1.84 bits per heavy atom. The molecule has 1 amide bonds. The first-order chi connectivity index (χ1) is 11.8. The number of carbonyl (C=O) groups is 1. The fourth-order valence-electron chi connectivity index (χ4n) is 1.78. The molecule has 0 fully saturated rings. The number of benzene rings is 2. The molecule has 0 unspecified atom stereocenters. The molecule has 2 aromatic rings. The molecule has 2 aromatic carbocycles. The SMILES string of the molecule is O=C(/C=C/c1ccc(Cl)cc1Cl)NC(=S)Nc1ccc([N+](=O)[O-])cc1. The Kier molecular flexibility index (Phi) is 6.46. The minimum absolute atomic E-state index is 0.0386. The second-order valence-electron chi connectivity index (χ2n) is 4.75. The van der Waals surface area contributed by atoms with Gasteiger partial charge in [-0.25, -0.2) is 0 Å². The maximum Gasteiger partial charge on any atom is 0.269 e. The van der Waals surface area contributed by atoms with Crippen molar-refractivity contribution in [2.45, 2.75) is 0 Å². The molecule has 0 heterocycles. The van der Waals surface area contributed by atoms with E-state index < -0.39 is 10.8 Å². The van der Waals surface area contributed by atoms with Crippen LogP contribution in [0.3, 0.4) is 0 Å². The Bertz CT molecular complexity index is 854. The van der Waals surface area contributed by atoms with Crippen molar-refractivity contribution in [1.29, 1.82) is 0 Å². The lowest BCUT2D eigenvalue weighted by atomic mass is 10.2. The molecule has 0 aromatic heterocycles. The molecule has 2 rings (SSSR count). The molecule has 0 aliphatic heterocycles. The number of nitrogens with one attached hydrogen (secondary N) is 2. The first-order valence-corrected chi connectivity index (χ1v) is 8.01. The Morgan fingerprint density at radius 3 is 2.44 bits per heavy atom. The van der Waals surface area contributed by atoms with Crippen molar-refractivity contribution in [1.82, 2.24) is 5.32 Å². The zero-order valence-electron chi connectivity index (χ0n) is 12.5. The number of non-ortho nitro benzene ring substituents is 1. The van der Waals surface area contributed by atoms with Crippen LogP contribution >= 0.6 is 35.4 Å². The molecule has 25 heavy (non-hydrogen) atoms. The van der Waals surface area contributed by atoms with E-state index in [4.69, 9.17) is 35.4 Å². The average molecular weight is 396 g/mol. The van der Waals surface area contributed by atoms with Gasteiger partial charge in [0.2, 0.25) is 5.91 Å². The second kappa shape index (κ2) is 8.57. The number of amides is 1. The second-order valence-corrected chi connectivity index (χ2v) is 6.00. The monoisotopic (exact) mass is 395 g/mol. The summed E-state index contributed by atoms with van der Waals surface area (Å²) in [4.78, 5) is 21.9. The van der Waals surface area contributed by atoms with Gasteiger partial charge in [-0.1, -0.05) is 29.3 Å². The lowest BCUT2D eigenvalue weighted by Gasteiger charge is -2.07. The Balaban J connectivity index is 1.92. The van der Waals surface area contributed by atoms with Gasteiger partial charge in [0.05, 0.1) is 4.92 Å². The number of carbonyl (C=O) groups excluding carboxylic acids is 1. The van der Waals surface area contributed by atoms with Gasteiger partial charge in [0.25, 0.3) is 5.69 Å².